The minimum Gasteiger partial charge on any atom is -0.492 e. The van der Waals surface area contributed by atoms with Crippen LogP contribution in [0.4, 0.5) is 13.2 Å². The number of carbonyl (C=O) groups is 2. The highest BCUT2D eigenvalue weighted by molar-refractivity contribution is 8.03. The van der Waals surface area contributed by atoms with Crippen LogP contribution in [0.3, 0.4) is 0 Å². The van der Waals surface area contributed by atoms with E-state index < -0.39 is 29.7 Å². The van der Waals surface area contributed by atoms with Crippen molar-refractivity contribution in [2.75, 3.05) is 0 Å². The van der Waals surface area contributed by atoms with Gasteiger partial charge in [0.25, 0.3) is 5.91 Å². The zero-order valence-corrected chi connectivity index (χ0v) is 24.5. The molecular formula is C31H38F3NO5S. The van der Waals surface area contributed by atoms with Crippen molar-refractivity contribution in [1.29, 1.82) is 0 Å². The van der Waals surface area contributed by atoms with Crippen molar-refractivity contribution in [1.82, 2.24) is 5.32 Å². The van der Waals surface area contributed by atoms with Gasteiger partial charge in [0.1, 0.15) is 30.3 Å². The Balaban J connectivity index is 1.49. The monoisotopic (exact) mass is 593 g/mol. The van der Waals surface area contributed by atoms with Gasteiger partial charge >= 0.3 is 12.3 Å². The highest BCUT2D eigenvalue weighted by Gasteiger charge is 2.39. The predicted octanol–water partition coefficient (Wildman–Crippen LogP) is 7.36. The van der Waals surface area contributed by atoms with E-state index in [0.717, 1.165) is 38.5 Å². The van der Waals surface area contributed by atoms with Gasteiger partial charge in [-0.1, -0.05) is 64.3 Å². The topological polar surface area (TPSA) is 73.9 Å². The summed E-state index contributed by atoms with van der Waals surface area (Å²) in [5.41, 5.74) is 0.325. The predicted molar refractivity (Wildman–Crippen MR) is 152 cm³/mol. The number of nitrogens with one attached hydrogen (secondary N) is 1. The average Bonchev–Trinajstić information content (AvgIpc) is 3.35. The van der Waals surface area contributed by atoms with Crippen LogP contribution in [0.2, 0.25) is 0 Å². The van der Waals surface area contributed by atoms with Gasteiger partial charge in [-0.25, -0.2) is 4.79 Å². The van der Waals surface area contributed by atoms with E-state index in [1.165, 1.54) is 30.7 Å². The van der Waals surface area contributed by atoms with Crippen LogP contribution >= 0.6 is 11.8 Å². The second-order valence-electron chi connectivity index (χ2n) is 11.7. The van der Waals surface area contributed by atoms with Crippen LogP contribution in [0, 0.1) is 11.3 Å². The van der Waals surface area contributed by atoms with Crippen molar-refractivity contribution in [2.24, 2.45) is 11.3 Å². The molecule has 4 rings (SSSR count). The number of carbonyl (C=O) groups excluding carboxylic acids is 2. The quantitative estimate of drug-likeness (QED) is 0.318. The first-order valence-corrected chi connectivity index (χ1v) is 15.1. The minimum atomic E-state index is -4.77. The Labute approximate surface area is 243 Å². The first kappa shape index (κ1) is 31.1. The third-order valence-electron chi connectivity index (χ3n) is 7.40. The van der Waals surface area contributed by atoms with Gasteiger partial charge < -0.3 is 19.5 Å². The maximum Gasteiger partial charge on any atom is 0.573 e. The van der Waals surface area contributed by atoms with E-state index in [4.69, 9.17) is 9.47 Å². The van der Waals surface area contributed by atoms with E-state index in [1.54, 1.807) is 17.8 Å². The molecule has 0 aromatic heterocycles. The smallest absolute Gasteiger partial charge is 0.492 e. The normalized spacial score (nSPS) is 22.4. The van der Waals surface area contributed by atoms with Crippen molar-refractivity contribution >= 4 is 23.6 Å². The number of thioether (sulfide) groups is 1. The van der Waals surface area contributed by atoms with Crippen molar-refractivity contribution in [3.8, 4) is 5.75 Å². The van der Waals surface area contributed by atoms with Gasteiger partial charge in [0.2, 0.25) is 0 Å². The molecule has 3 atom stereocenters. The minimum absolute atomic E-state index is 0.0421. The van der Waals surface area contributed by atoms with Crippen LogP contribution in [-0.4, -0.2) is 35.6 Å². The largest absolute Gasteiger partial charge is 0.573 e. The Kier molecular flexibility index (Phi) is 10.2. The Hall–Kier alpha value is -2.88. The molecule has 2 unspecified atom stereocenters. The summed E-state index contributed by atoms with van der Waals surface area (Å²) in [4.78, 5) is 27.0. The zero-order chi connectivity index (χ0) is 29.6. The highest BCUT2D eigenvalue weighted by Crippen LogP contribution is 2.41. The molecule has 2 aliphatic carbocycles. The Morgan fingerprint density at radius 2 is 1.66 bits per heavy atom. The lowest BCUT2D eigenvalue weighted by atomic mass is 9.86. The summed E-state index contributed by atoms with van der Waals surface area (Å²) in [5, 5.41) is 4.94. The van der Waals surface area contributed by atoms with Gasteiger partial charge in [-0.3, -0.25) is 4.79 Å². The number of hydrogen-bond acceptors (Lipinski definition) is 6. The molecule has 0 radical (unpaired) electrons. The molecule has 3 aliphatic rings. The Morgan fingerprint density at radius 3 is 2.29 bits per heavy atom. The molecule has 1 aromatic rings. The maximum absolute atomic E-state index is 13.7. The number of hydrogen-bond donors (Lipinski definition) is 1. The second kappa shape index (κ2) is 13.4. The Bertz CT molecular complexity index is 1160. The summed E-state index contributed by atoms with van der Waals surface area (Å²) in [6.45, 7) is 5.70. The van der Waals surface area contributed by atoms with Crippen LogP contribution in [-0.2, 0) is 25.7 Å². The molecule has 224 valence electrons. The van der Waals surface area contributed by atoms with Gasteiger partial charge in [-0.05, 0) is 60.3 Å². The van der Waals surface area contributed by atoms with Crippen LogP contribution in [0.5, 0.6) is 5.75 Å². The van der Waals surface area contributed by atoms with Gasteiger partial charge in [-0.15, -0.1) is 24.9 Å². The maximum atomic E-state index is 13.7. The molecule has 1 N–H and O–H groups in total. The number of rotatable bonds is 8. The molecular weight excluding hydrogens is 555 g/mol. The van der Waals surface area contributed by atoms with Crippen LogP contribution < -0.4 is 10.1 Å². The first-order chi connectivity index (χ1) is 19.4. The number of alkyl halides is 3. The molecule has 1 aromatic carbocycles. The van der Waals surface area contributed by atoms with Crippen molar-refractivity contribution in [3.63, 3.8) is 0 Å². The molecule has 0 bridgehead atoms. The van der Waals surface area contributed by atoms with Crippen LogP contribution in [0.1, 0.15) is 71.3 Å². The SMILES string of the molecule is CC(C)(C)[C@H](NC(=O)C1=C(OCc2ccc(OC(F)(F)F)cc2)C2C=CSC2C=C1)C(=O)OC1CCCCCCC1. The fraction of sp³-hybridized carbons (Fsp3) is 0.548. The lowest BCUT2D eigenvalue weighted by Gasteiger charge is -2.32. The summed E-state index contributed by atoms with van der Waals surface area (Å²) in [6, 6.07) is 4.54. The molecule has 1 aliphatic heterocycles. The summed E-state index contributed by atoms with van der Waals surface area (Å²) in [5.74, 6) is -0.935. The fourth-order valence-corrected chi connectivity index (χ4v) is 6.18. The van der Waals surface area contributed by atoms with E-state index in [1.807, 2.05) is 38.3 Å². The van der Waals surface area contributed by atoms with Crippen LogP contribution in [0.25, 0.3) is 0 Å². The third-order valence-corrected chi connectivity index (χ3v) is 8.48. The molecule has 0 spiro atoms. The van der Waals surface area contributed by atoms with Crippen molar-refractivity contribution in [2.45, 2.75) is 96.1 Å². The van der Waals surface area contributed by atoms with E-state index in [-0.39, 0.29) is 29.6 Å². The molecule has 10 heteroatoms. The lowest BCUT2D eigenvalue weighted by Crippen LogP contribution is -2.51. The number of amides is 1. The molecule has 1 heterocycles. The van der Waals surface area contributed by atoms with Crippen molar-refractivity contribution in [3.05, 3.63) is 64.8 Å². The third kappa shape index (κ3) is 8.80. The number of ether oxygens (including phenoxy) is 3. The van der Waals surface area contributed by atoms with Crippen molar-refractivity contribution < 1.29 is 37.0 Å². The van der Waals surface area contributed by atoms with E-state index >= 15 is 0 Å². The van der Waals surface area contributed by atoms with E-state index in [2.05, 4.69) is 10.1 Å². The summed E-state index contributed by atoms with van der Waals surface area (Å²) in [7, 11) is 0. The number of halogens is 3. The summed E-state index contributed by atoms with van der Waals surface area (Å²) < 4.78 is 53.5. The first-order valence-electron chi connectivity index (χ1n) is 14.1. The highest BCUT2D eigenvalue weighted by atomic mass is 32.2. The molecule has 0 saturated heterocycles. The fourth-order valence-electron chi connectivity index (χ4n) is 5.19. The lowest BCUT2D eigenvalue weighted by molar-refractivity contribution is -0.274. The number of benzene rings is 1. The molecule has 1 amide bonds. The number of allylic oxidation sites excluding steroid dienone is 1. The second-order valence-corrected chi connectivity index (χ2v) is 12.8. The van der Waals surface area contributed by atoms with E-state index in [0.29, 0.717) is 16.9 Å². The van der Waals surface area contributed by atoms with E-state index in [9.17, 15) is 22.8 Å². The molecule has 6 nitrogen and oxygen atoms in total. The van der Waals surface area contributed by atoms with Gasteiger partial charge in [-0.2, -0.15) is 0 Å². The summed E-state index contributed by atoms with van der Waals surface area (Å²) >= 11 is 1.61. The molecule has 1 saturated carbocycles. The zero-order valence-electron chi connectivity index (χ0n) is 23.7. The summed E-state index contributed by atoms with van der Waals surface area (Å²) in [6.07, 6.45) is 7.90. The Morgan fingerprint density at radius 1 is 1.00 bits per heavy atom. The standard InChI is InChI=1S/C31H38F3NO5S/c1-30(2,3)27(29(37)39-21-9-7-5-4-6-8-10-21)35-28(36)24-15-16-25-23(17-18-41-25)26(24)38-19-20-11-13-22(14-12-20)40-31(32,33)34/h11-18,21,23,25,27H,4-10,19H2,1-3H3,(H,35,36)/t23?,25?,27-/m1/s1. The number of fused-ring (bicyclic) bond motifs is 1. The van der Waals surface area contributed by atoms with Gasteiger partial charge in [0.15, 0.2) is 0 Å². The van der Waals surface area contributed by atoms with Gasteiger partial charge in [0.05, 0.1) is 11.5 Å². The molecule has 1 fully saturated rings. The molecule has 41 heavy (non-hydrogen) atoms. The number of esters is 1. The average molecular weight is 594 g/mol. The van der Waals surface area contributed by atoms with Crippen LogP contribution in [0.15, 0.2) is 59.2 Å². The van der Waals surface area contributed by atoms with Gasteiger partial charge in [0, 0.05) is 5.25 Å².